The Labute approximate surface area is 231 Å². The Balaban J connectivity index is 1.44. The summed E-state index contributed by atoms with van der Waals surface area (Å²) in [4.78, 5) is 5.23. The quantitative estimate of drug-likeness (QED) is 0.277. The van der Waals surface area contributed by atoms with Gasteiger partial charge >= 0.3 is 0 Å². The third kappa shape index (κ3) is 5.07. The molecule has 5 rings (SSSR count). The number of fused-ring (bicyclic) bond motifs is 5. The van der Waals surface area contributed by atoms with Gasteiger partial charge in [0.15, 0.2) is 8.32 Å². The number of hydrogen-bond donors (Lipinski definition) is 0. The van der Waals surface area contributed by atoms with E-state index < -0.39 is 8.32 Å². The highest BCUT2D eigenvalue weighted by Crippen LogP contribution is 2.63. The van der Waals surface area contributed by atoms with Gasteiger partial charge in [-0.1, -0.05) is 70.2 Å². The van der Waals surface area contributed by atoms with E-state index in [1.807, 2.05) is 6.21 Å². The summed E-state index contributed by atoms with van der Waals surface area (Å²) in [5.41, 5.74) is 4.46. The van der Waals surface area contributed by atoms with Crippen molar-refractivity contribution in [1.29, 1.82) is 0 Å². The highest BCUT2D eigenvalue weighted by atomic mass is 28.4. The van der Waals surface area contributed by atoms with Gasteiger partial charge in [-0.25, -0.2) is 0 Å². The van der Waals surface area contributed by atoms with E-state index in [0.29, 0.717) is 17.8 Å². The molecule has 2 fully saturated rings. The third-order valence-electron chi connectivity index (χ3n) is 10.5. The van der Waals surface area contributed by atoms with Gasteiger partial charge < -0.3 is 9.16 Å². The van der Waals surface area contributed by atoms with E-state index in [0.717, 1.165) is 18.6 Å². The third-order valence-corrected chi connectivity index (χ3v) is 15.0. The minimum absolute atomic E-state index is 0.172. The topological polar surface area (TPSA) is 30.8 Å². The SMILES string of the molecule is COc1ccc2c(c1)CC[C@@H]1[C@@H]2CC[C@]2(C)C(O[Si](C)(C)C(C)(C)C)[C@@H](N=C/C=C/c3ccccc3)C[C@@H]12. The molecule has 0 amide bonds. The number of benzene rings is 2. The summed E-state index contributed by atoms with van der Waals surface area (Å²) < 4.78 is 12.9. The Morgan fingerprint density at radius 3 is 2.53 bits per heavy atom. The van der Waals surface area contributed by atoms with Crippen molar-refractivity contribution in [2.45, 2.75) is 96.0 Å². The maximum atomic E-state index is 7.33. The van der Waals surface area contributed by atoms with E-state index in [1.54, 1.807) is 12.7 Å². The van der Waals surface area contributed by atoms with Gasteiger partial charge in [0, 0.05) is 6.21 Å². The predicted molar refractivity (Wildman–Crippen MR) is 163 cm³/mol. The fraction of sp³-hybridized carbons (Fsp3) is 0.559. The maximum Gasteiger partial charge on any atom is 0.192 e. The molecule has 0 saturated heterocycles. The van der Waals surface area contributed by atoms with E-state index in [-0.39, 0.29) is 22.6 Å². The first kappa shape index (κ1) is 27.4. The Morgan fingerprint density at radius 2 is 1.82 bits per heavy atom. The normalized spacial score (nSPS) is 31.3. The van der Waals surface area contributed by atoms with Crippen LogP contribution in [0, 0.1) is 17.3 Å². The van der Waals surface area contributed by atoms with Crippen molar-refractivity contribution in [3.8, 4) is 5.75 Å². The summed E-state index contributed by atoms with van der Waals surface area (Å²) in [5.74, 6) is 2.99. The van der Waals surface area contributed by atoms with Crippen LogP contribution in [0.5, 0.6) is 5.75 Å². The van der Waals surface area contributed by atoms with Gasteiger partial charge in [0.25, 0.3) is 0 Å². The first-order valence-corrected chi connectivity index (χ1v) is 17.5. The Morgan fingerprint density at radius 1 is 1.05 bits per heavy atom. The van der Waals surface area contributed by atoms with Crippen LogP contribution in [0.25, 0.3) is 6.08 Å². The van der Waals surface area contributed by atoms with Crippen molar-refractivity contribution in [1.82, 2.24) is 0 Å². The van der Waals surface area contributed by atoms with Crippen LogP contribution in [0.1, 0.15) is 76.0 Å². The molecule has 0 bridgehead atoms. The first-order chi connectivity index (χ1) is 18.0. The van der Waals surface area contributed by atoms with Gasteiger partial charge in [-0.05, 0) is 108 Å². The van der Waals surface area contributed by atoms with E-state index >= 15 is 0 Å². The number of aliphatic imine (C=N–C) groups is 1. The molecule has 0 aromatic heterocycles. The lowest BCUT2D eigenvalue weighted by Crippen LogP contribution is -2.52. The molecule has 2 aromatic carbocycles. The number of allylic oxidation sites excluding steroid dienone is 1. The Hall–Kier alpha value is -2.17. The summed E-state index contributed by atoms with van der Waals surface area (Å²) in [5, 5.41) is 0.183. The smallest absolute Gasteiger partial charge is 0.192 e. The summed E-state index contributed by atoms with van der Waals surface area (Å²) in [7, 11) is -0.179. The van der Waals surface area contributed by atoms with Crippen LogP contribution in [-0.2, 0) is 10.8 Å². The molecule has 3 aliphatic rings. The Kier molecular flexibility index (Phi) is 7.52. The molecule has 0 heterocycles. The molecule has 0 spiro atoms. The number of ether oxygens (including phenoxy) is 1. The largest absolute Gasteiger partial charge is 0.497 e. The molecular weight excluding hydrogens is 482 g/mol. The second-order valence-corrected chi connectivity index (χ2v) is 18.5. The Bertz CT molecular complexity index is 1180. The molecule has 0 N–H and O–H groups in total. The summed E-state index contributed by atoms with van der Waals surface area (Å²) in [6.07, 6.45) is 12.5. The van der Waals surface area contributed by atoms with Crippen molar-refractivity contribution < 1.29 is 9.16 Å². The lowest BCUT2D eigenvalue weighted by molar-refractivity contribution is -0.0190. The highest BCUT2D eigenvalue weighted by molar-refractivity contribution is 6.74. The van der Waals surface area contributed by atoms with Crippen molar-refractivity contribution in [2.75, 3.05) is 7.11 Å². The number of methoxy groups -OCH3 is 1. The molecule has 0 radical (unpaired) electrons. The lowest BCUT2D eigenvalue weighted by Gasteiger charge is -2.52. The van der Waals surface area contributed by atoms with Gasteiger partial charge in [-0.3, -0.25) is 4.99 Å². The highest BCUT2D eigenvalue weighted by Gasteiger charge is 2.60. The fourth-order valence-electron chi connectivity index (χ4n) is 7.38. The van der Waals surface area contributed by atoms with E-state index in [1.165, 1.54) is 30.4 Å². The number of nitrogens with zero attached hydrogens (tertiary/aromatic N) is 1. The molecule has 6 atom stereocenters. The minimum atomic E-state index is -1.95. The summed E-state index contributed by atoms with van der Waals surface area (Å²) in [6, 6.07) is 17.5. The molecule has 2 saturated carbocycles. The molecular formula is C34H47NO2Si. The van der Waals surface area contributed by atoms with Crippen molar-refractivity contribution in [2.24, 2.45) is 22.2 Å². The van der Waals surface area contributed by atoms with Crippen molar-refractivity contribution >= 4 is 20.6 Å². The number of rotatable bonds is 6. The van der Waals surface area contributed by atoms with Crippen molar-refractivity contribution in [3.05, 3.63) is 71.3 Å². The summed E-state index contributed by atoms with van der Waals surface area (Å²) in [6.45, 7) is 14.4. The maximum absolute atomic E-state index is 7.33. The molecule has 2 aromatic rings. The second kappa shape index (κ2) is 10.4. The van der Waals surface area contributed by atoms with Crippen LogP contribution in [0.3, 0.4) is 0 Å². The van der Waals surface area contributed by atoms with Crippen LogP contribution in [0.4, 0.5) is 0 Å². The zero-order valence-corrected chi connectivity index (χ0v) is 25.5. The van der Waals surface area contributed by atoms with Gasteiger partial charge in [0.1, 0.15) is 5.75 Å². The molecule has 3 nitrogen and oxygen atoms in total. The molecule has 3 aliphatic carbocycles. The van der Waals surface area contributed by atoms with Gasteiger partial charge in [0.05, 0.1) is 19.3 Å². The van der Waals surface area contributed by atoms with Crippen LogP contribution in [-0.4, -0.2) is 33.8 Å². The number of hydrogen-bond acceptors (Lipinski definition) is 3. The fourth-order valence-corrected chi connectivity index (χ4v) is 8.79. The molecule has 0 aliphatic heterocycles. The molecule has 38 heavy (non-hydrogen) atoms. The van der Waals surface area contributed by atoms with E-state index in [9.17, 15) is 0 Å². The van der Waals surface area contributed by atoms with Crippen LogP contribution in [0.15, 0.2) is 59.6 Å². The second-order valence-electron chi connectivity index (χ2n) is 13.7. The predicted octanol–water partition coefficient (Wildman–Crippen LogP) is 8.70. The summed E-state index contributed by atoms with van der Waals surface area (Å²) >= 11 is 0. The average Bonchev–Trinajstić information content (AvgIpc) is 3.17. The standard InChI is InChI=1S/C34H47NO2Si/c1-33(2,3)38(6,7)37-32-31(35-21-11-14-24-12-9-8-10-13-24)23-30-29-17-15-25-22-26(36-5)16-18-27(25)28(29)19-20-34(30,32)4/h8-14,16,18,21-22,28-32H,15,17,19-20,23H2,1-7H3/b14-11+,35-21?/t28-,29-,30+,31+,32?,34+/m1/s1. The lowest BCUT2D eigenvalue weighted by atomic mass is 9.55. The average molecular weight is 530 g/mol. The van der Waals surface area contributed by atoms with Crippen LogP contribution >= 0.6 is 0 Å². The van der Waals surface area contributed by atoms with E-state index in [2.05, 4.69) is 101 Å². The zero-order chi connectivity index (χ0) is 27.1. The van der Waals surface area contributed by atoms with Crippen LogP contribution < -0.4 is 4.74 Å². The van der Waals surface area contributed by atoms with Gasteiger partial charge in [-0.2, -0.15) is 0 Å². The number of aryl methyl sites for hydroxylation is 1. The zero-order valence-electron chi connectivity index (χ0n) is 24.5. The monoisotopic (exact) mass is 529 g/mol. The van der Waals surface area contributed by atoms with Crippen molar-refractivity contribution in [3.63, 3.8) is 0 Å². The van der Waals surface area contributed by atoms with Gasteiger partial charge in [-0.15, -0.1) is 0 Å². The van der Waals surface area contributed by atoms with Gasteiger partial charge in [0.2, 0.25) is 0 Å². The first-order valence-electron chi connectivity index (χ1n) is 14.6. The van der Waals surface area contributed by atoms with E-state index in [4.69, 9.17) is 14.2 Å². The van der Waals surface area contributed by atoms with Crippen LogP contribution in [0.2, 0.25) is 18.1 Å². The molecule has 204 valence electrons. The molecule has 4 heteroatoms. The minimum Gasteiger partial charge on any atom is -0.497 e. The molecule has 1 unspecified atom stereocenters.